The van der Waals surface area contributed by atoms with Crippen LogP contribution in [0.5, 0.6) is 0 Å². The van der Waals surface area contributed by atoms with Crippen molar-refractivity contribution in [2.75, 3.05) is 18.8 Å². The Kier molecular flexibility index (Phi) is 5.17. The van der Waals surface area contributed by atoms with Crippen molar-refractivity contribution in [2.45, 2.75) is 78.3 Å². The van der Waals surface area contributed by atoms with E-state index in [1.807, 2.05) is 32.6 Å². The van der Waals surface area contributed by atoms with Crippen LogP contribution in [0.4, 0.5) is 0 Å². The van der Waals surface area contributed by atoms with Crippen molar-refractivity contribution in [3.8, 4) is 0 Å². The Morgan fingerprint density at radius 2 is 1.65 bits per heavy atom. The summed E-state index contributed by atoms with van der Waals surface area (Å²) in [7, 11) is -3.41. The Labute approximate surface area is 141 Å². The minimum atomic E-state index is -3.41. The molecule has 2 aliphatic rings. The predicted octanol–water partition coefficient (Wildman–Crippen LogP) is 2.62. The van der Waals surface area contributed by atoms with E-state index in [4.69, 9.17) is 0 Å². The third-order valence-electron chi connectivity index (χ3n) is 5.30. The molecule has 23 heavy (non-hydrogen) atoms. The first kappa shape index (κ1) is 18.7. The molecule has 1 saturated carbocycles. The molecule has 2 rings (SSSR count). The third-order valence-corrected chi connectivity index (χ3v) is 7.40. The van der Waals surface area contributed by atoms with Crippen LogP contribution in [-0.4, -0.2) is 54.0 Å². The fourth-order valence-corrected chi connectivity index (χ4v) is 6.56. The predicted molar refractivity (Wildman–Crippen MR) is 92.6 cm³/mol. The van der Waals surface area contributed by atoms with Gasteiger partial charge in [-0.3, -0.25) is 4.79 Å². The molecular weight excluding hydrogens is 312 g/mol. The molecule has 0 unspecified atom stereocenters. The molecule has 134 valence electrons. The van der Waals surface area contributed by atoms with Gasteiger partial charge in [0, 0.05) is 12.6 Å². The van der Waals surface area contributed by atoms with E-state index in [2.05, 4.69) is 6.92 Å². The molecule has 0 radical (unpaired) electrons. The number of hydrogen-bond acceptors (Lipinski definition) is 3. The van der Waals surface area contributed by atoms with E-state index in [0.717, 1.165) is 25.7 Å². The van der Waals surface area contributed by atoms with Gasteiger partial charge in [-0.25, -0.2) is 8.42 Å². The van der Waals surface area contributed by atoms with Crippen molar-refractivity contribution in [2.24, 2.45) is 5.41 Å². The highest BCUT2D eigenvalue weighted by molar-refractivity contribution is 7.89. The number of amides is 1. The van der Waals surface area contributed by atoms with E-state index in [1.165, 1.54) is 10.7 Å². The van der Waals surface area contributed by atoms with Crippen molar-refractivity contribution >= 4 is 15.9 Å². The zero-order valence-electron chi connectivity index (χ0n) is 15.3. The van der Waals surface area contributed by atoms with Gasteiger partial charge in [0.05, 0.1) is 17.8 Å². The highest BCUT2D eigenvalue weighted by atomic mass is 32.2. The van der Waals surface area contributed by atoms with Crippen LogP contribution in [0.1, 0.15) is 66.7 Å². The van der Waals surface area contributed by atoms with E-state index in [0.29, 0.717) is 6.54 Å². The summed E-state index contributed by atoms with van der Waals surface area (Å²) in [5, 5.41) is 0. The number of rotatable bonds is 4. The SMILES string of the molecule is CC(C)N1C(=O)CN(S(=O)(=O)CC2(C)CCCCC2)CC1(C)C. The smallest absolute Gasteiger partial charge is 0.238 e. The van der Waals surface area contributed by atoms with Crippen LogP contribution in [0, 0.1) is 5.41 Å². The lowest BCUT2D eigenvalue weighted by Gasteiger charge is -2.48. The number of nitrogens with zero attached hydrogens (tertiary/aromatic N) is 2. The lowest BCUT2D eigenvalue weighted by atomic mass is 9.77. The Balaban J connectivity index is 2.16. The number of hydrogen-bond donors (Lipinski definition) is 0. The Morgan fingerprint density at radius 3 is 2.13 bits per heavy atom. The van der Waals surface area contributed by atoms with Gasteiger partial charge in [-0.05, 0) is 46.0 Å². The minimum absolute atomic E-state index is 0.0139. The molecule has 1 aliphatic heterocycles. The van der Waals surface area contributed by atoms with Crippen molar-refractivity contribution in [3.05, 3.63) is 0 Å². The second-order valence-electron chi connectivity index (χ2n) is 8.57. The molecule has 6 heteroatoms. The Hall–Kier alpha value is -0.620. The van der Waals surface area contributed by atoms with E-state index in [9.17, 15) is 13.2 Å². The average Bonchev–Trinajstić information content (AvgIpc) is 2.35. The van der Waals surface area contributed by atoms with Gasteiger partial charge in [0.1, 0.15) is 0 Å². The number of piperazine rings is 1. The van der Waals surface area contributed by atoms with Crippen molar-refractivity contribution in [3.63, 3.8) is 0 Å². The molecule has 0 aromatic rings. The molecule has 2 fully saturated rings. The van der Waals surface area contributed by atoms with Gasteiger partial charge < -0.3 is 4.90 Å². The molecule has 0 spiro atoms. The van der Waals surface area contributed by atoms with Gasteiger partial charge in [0.2, 0.25) is 15.9 Å². The van der Waals surface area contributed by atoms with Gasteiger partial charge in [-0.2, -0.15) is 4.31 Å². The Morgan fingerprint density at radius 1 is 1.09 bits per heavy atom. The zero-order chi connectivity index (χ0) is 17.5. The highest BCUT2D eigenvalue weighted by Crippen LogP contribution is 2.38. The summed E-state index contributed by atoms with van der Waals surface area (Å²) >= 11 is 0. The lowest BCUT2D eigenvalue weighted by molar-refractivity contribution is -0.144. The monoisotopic (exact) mass is 344 g/mol. The first-order valence-corrected chi connectivity index (χ1v) is 10.4. The third kappa shape index (κ3) is 4.08. The summed E-state index contributed by atoms with van der Waals surface area (Å²) in [6.45, 7) is 10.3. The van der Waals surface area contributed by atoms with Crippen LogP contribution in [0.15, 0.2) is 0 Å². The van der Waals surface area contributed by atoms with Gasteiger partial charge >= 0.3 is 0 Å². The average molecular weight is 345 g/mol. The largest absolute Gasteiger partial charge is 0.333 e. The molecule has 1 heterocycles. The molecule has 0 aromatic carbocycles. The quantitative estimate of drug-likeness (QED) is 0.788. The van der Waals surface area contributed by atoms with E-state index < -0.39 is 15.6 Å². The van der Waals surface area contributed by atoms with Crippen molar-refractivity contribution in [1.82, 2.24) is 9.21 Å². The second-order valence-corrected chi connectivity index (χ2v) is 10.5. The van der Waals surface area contributed by atoms with Gasteiger partial charge in [0.25, 0.3) is 0 Å². The summed E-state index contributed by atoms with van der Waals surface area (Å²) in [6, 6.07) is 0.0817. The molecule has 1 amide bonds. The minimum Gasteiger partial charge on any atom is -0.333 e. The van der Waals surface area contributed by atoms with Crippen molar-refractivity contribution in [1.29, 1.82) is 0 Å². The summed E-state index contributed by atoms with van der Waals surface area (Å²) in [6.07, 6.45) is 5.36. The molecule has 1 aliphatic carbocycles. The fraction of sp³-hybridized carbons (Fsp3) is 0.941. The maximum Gasteiger partial charge on any atom is 0.238 e. The summed E-state index contributed by atoms with van der Waals surface area (Å²) < 4.78 is 27.3. The van der Waals surface area contributed by atoms with Crippen molar-refractivity contribution < 1.29 is 13.2 Å². The van der Waals surface area contributed by atoms with Crippen LogP contribution in [-0.2, 0) is 14.8 Å². The zero-order valence-corrected chi connectivity index (χ0v) is 16.1. The van der Waals surface area contributed by atoms with Crippen LogP contribution < -0.4 is 0 Å². The van der Waals surface area contributed by atoms with Crippen LogP contribution in [0.3, 0.4) is 0 Å². The lowest BCUT2D eigenvalue weighted by Crippen LogP contribution is -2.65. The molecule has 0 atom stereocenters. The summed E-state index contributed by atoms with van der Waals surface area (Å²) in [5.41, 5.74) is -0.608. The normalized spacial score (nSPS) is 25.8. The van der Waals surface area contributed by atoms with Crippen LogP contribution >= 0.6 is 0 Å². The first-order valence-electron chi connectivity index (χ1n) is 8.77. The molecule has 0 N–H and O–H groups in total. The van der Waals surface area contributed by atoms with E-state index >= 15 is 0 Å². The van der Waals surface area contributed by atoms with Crippen LogP contribution in [0.25, 0.3) is 0 Å². The topological polar surface area (TPSA) is 57.7 Å². The van der Waals surface area contributed by atoms with Crippen LogP contribution in [0.2, 0.25) is 0 Å². The fourth-order valence-electron chi connectivity index (χ4n) is 4.39. The number of sulfonamides is 1. The maximum absolute atomic E-state index is 12.9. The second kappa shape index (κ2) is 6.36. The highest BCUT2D eigenvalue weighted by Gasteiger charge is 2.45. The Bertz CT molecular complexity index is 548. The van der Waals surface area contributed by atoms with E-state index in [1.54, 1.807) is 0 Å². The molecule has 5 nitrogen and oxygen atoms in total. The summed E-state index contributed by atoms with van der Waals surface area (Å²) in [4.78, 5) is 14.3. The van der Waals surface area contributed by atoms with E-state index in [-0.39, 0.29) is 29.7 Å². The molecule has 1 saturated heterocycles. The maximum atomic E-state index is 12.9. The number of carbonyl (C=O) groups excluding carboxylic acids is 1. The van der Waals surface area contributed by atoms with Gasteiger partial charge in [-0.1, -0.05) is 26.2 Å². The standard InChI is InChI=1S/C17H32N2O3S/c1-14(2)19-15(20)11-18(12-16(19,3)4)23(21,22)13-17(5)9-7-6-8-10-17/h14H,6-13H2,1-5H3. The molecule has 0 aromatic heterocycles. The molecule has 0 bridgehead atoms. The summed E-state index contributed by atoms with van der Waals surface area (Å²) in [5.74, 6) is 0.0824. The van der Waals surface area contributed by atoms with Gasteiger partial charge in [0.15, 0.2) is 0 Å². The first-order chi connectivity index (χ1) is 10.5. The molecular formula is C17H32N2O3S. The van der Waals surface area contributed by atoms with Gasteiger partial charge in [-0.15, -0.1) is 0 Å². The number of carbonyl (C=O) groups is 1.